The highest BCUT2D eigenvalue weighted by Crippen LogP contribution is 2.64. The number of alkyl halides is 3. The van der Waals surface area contributed by atoms with Crippen LogP contribution >= 0.6 is 0 Å². The Bertz CT molecular complexity index is 583. The maximum Gasteiger partial charge on any atom is 0.446 e. The molecule has 5 fully saturated rings. The monoisotopic (exact) mass is 368 g/mol. The van der Waals surface area contributed by atoms with Gasteiger partial charge in [-0.15, -0.1) is 0 Å². The van der Waals surface area contributed by atoms with E-state index in [-0.39, 0.29) is 18.3 Å². The highest BCUT2D eigenvalue weighted by Gasteiger charge is 2.81. The summed E-state index contributed by atoms with van der Waals surface area (Å²) in [6.45, 7) is 4.52. The van der Waals surface area contributed by atoms with Crippen LogP contribution in [0.15, 0.2) is 0 Å². The molecule has 2 bridgehead atoms. The van der Waals surface area contributed by atoms with E-state index in [1.54, 1.807) is 6.92 Å². The Morgan fingerprint density at radius 1 is 1.00 bits per heavy atom. The van der Waals surface area contributed by atoms with Gasteiger partial charge in [0, 0.05) is 12.3 Å². The Kier molecular flexibility index (Phi) is 3.50. The fraction of sp³-hybridized carbons (Fsp3) is 1.00. The Morgan fingerprint density at radius 3 is 2.32 bits per heavy atom. The van der Waals surface area contributed by atoms with E-state index in [9.17, 15) is 23.4 Å². The number of fused-ring (bicyclic) bond motifs is 2. The second kappa shape index (κ2) is 4.88. The average Bonchev–Trinajstić information content (AvgIpc) is 2.70. The van der Waals surface area contributed by atoms with E-state index in [2.05, 4.69) is 0 Å². The molecule has 1 aliphatic carbocycles. The number of hydrogen-bond donors (Lipinski definition) is 2. The lowest BCUT2D eigenvalue weighted by Crippen LogP contribution is -2.81. The number of ether oxygens (including phenoxy) is 2. The van der Waals surface area contributed by atoms with Crippen molar-refractivity contribution >= 4 is 0 Å². The van der Waals surface area contributed by atoms with Crippen LogP contribution in [0.1, 0.15) is 46.5 Å². The highest BCUT2D eigenvalue weighted by molar-refractivity contribution is 5.17. The number of hydrogen-bond acceptors (Lipinski definition) is 6. The van der Waals surface area contributed by atoms with E-state index in [1.807, 2.05) is 6.92 Å². The molecule has 144 valence electrons. The molecule has 2 N–H and O–H groups in total. The maximum atomic E-state index is 13.7. The average molecular weight is 368 g/mol. The molecule has 0 aromatic heterocycles. The normalized spacial score (nSPS) is 58.6. The molecule has 9 heteroatoms. The smallest absolute Gasteiger partial charge is 0.384 e. The van der Waals surface area contributed by atoms with Crippen LogP contribution in [0.5, 0.6) is 0 Å². The molecule has 4 aliphatic heterocycles. The molecule has 0 aromatic rings. The summed E-state index contributed by atoms with van der Waals surface area (Å²) < 4.78 is 51.8. The van der Waals surface area contributed by atoms with E-state index < -0.39 is 41.2 Å². The Morgan fingerprint density at radius 2 is 1.68 bits per heavy atom. The van der Waals surface area contributed by atoms with E-state index in [0.717, 1.165) is 6.92 Å². The van der Waals surface area contributed by atoms with Crippen LogP contribution in [0.25, 0.3) is 0 Å². The van der Waals surface area contributed by atoms with Crippen molar-refractivity contribution in [3.8, 4) is 0 Å². The van der Waals surface area contributed by atoms with Gasteiger partial charge < -0.3 is 19.7 Å². The summed E-state index contributed by atoms with van der Waals surface area (Å²) in [5, 5.41) is 21.2. The van der Waals surface area contributed by atoms with Crippen molar-refractivity contribution in [1.29, 1.82) is 0 Å². The summed E-state index contributed by atoms with van der Waals surface area (Å²) in [7, 11) is 0. The van der Waals surface area contributed by atoms with Crippen LogP contribution in [0.3, 0.4) is 0 Å². The fourth-order valence-electron chi connectivity index (χ4n) is 5.29. The lowest BCUT2D eigenvalue weighted by Gasteiger charge is -2.64. The summed E-state index contributed by atoms with van der Waals surface area (Å²) in [5.74, 6) is -6.16. The first-order chi connectivity index (χ1) is 11.4. The van der Waals surface area contributed by atoms with E-state index in [4.69, 9.17) is 19.2 Å². The molecule has 4 saturated heterocycles. The first kappa shape index (κ1) is 17.9. The van der Waals surface area contributed by atoms with Gasteiger partial charge in [-0.25, -0.2) is 9.78 Å². The third-order valence-corrected chi connectivity index (χ3v) is 6.74. The number of halogens is 3. The molecule has 5 rings (SSSR count). The van der Waals surface area contributed by atoms with Gasteiger partial charge in [0.15, 0.2) is 11.9 Å². The molecule has 8 atom stereocenters. The standard InChI is InChI=1S/C16H23F3O6/c1-8-4-5-10-13(3,20)15(21,16(17,18)19)23-11-14(10)9(8)6-7-12(2,22-11)24-25-14/h8-11,20-21H,4-7H2,1-3H3/t8-,9+,10+,11+,12+,13?,14?,15?/m1/s1. The third kappa shape index (κ3) is 2.02. The van der Waals surface area contributed by atoms with Gasteiger partial charge in [0.05, 0.1) is 0 Å². The van der Waals surface area contributed by atoms with Gasteiger partial charge in [0.1, 0.15) is 5.60 Å². The van der Waals surface area contributed by atoms with Crippen molar-refractivity contribution in [2.75, 3.05) is 0 Å². The third-order valence-electron chi connectivity index (χ3n) is 6.74. The van der Waals surface area contributed by atoms with Crippen LogP contribution in [0.2, 0.25) is 0 Å². The zero-order chi connectivity index (χ0) is 18.5. The van der Waals surface area contributed by atoms with Crippen LogP contribution in [-0.2, 0) is 19.2 Å². The zero-order valence-corrected chi connectivity index (χ0v) is 14.3. The summed E-state index contributed by atoms with van der Waals surface area (Å²) in [6, 6.07) is 0. The lowest BCUT2D eigenvalue weighted by molar-refractivity contribution is -0.607. The van der Waals surface area contributed by atoms with Crippen LogP contribution in [0.4, 0.5) is 13.2 Å². The molecule has 0 aromatic carbocycles. The summed E-state index contributed by atoms with van der Waals surface area (Å²) in [6.07, 6.45) is -4.83. The molecule has 5 aliphatic rings. The largest absolute Gasteiger partial charge is 0.446 e. The topological polar surface area (TPSA) is 77.4 Å². The van der Waals surface area contributed by atoms with Gasteiger partial charge in [0.25, 0.3) is 5.79 Å². The van der Waals surface area contributed by atoms with Gasteiger partial charge in [-0.2, -0.15) is 13.2 Å². The van der Waals surface area contributed by atoms with Gasteiger partial charge in [0.2, 0.25) is 5.79 Å². The van der Waals surface area contributed by atoms with Gasteiger partial charge in [-0.3, -0.25) is 0 Å². The van der Waals surface area contributed by atoms with Gasteiger partial charge in [-0.05, 0) is 44.9 Å². The highest BCUT2D eigenvalue weighted by atomic mass is 19.4. The number of aliphatic hydroxyl groups is 2. The molecular formula is C16H23F3O6. The zero-order valence-electron chi connectivity index (χ0n) is 14.3. The summed E-state index contributed by atoms with van der Waals surface area (Å²) in [5.41, 5.74) is -4.01. The molecule has 6 nitrogen and oxygen atoms in total. The Labute approximate surface area is 143 Å². The second-order valence-corrected chi connectivity index (χ2v) is 8.26. The molecule has 0 radical (unpaired) electrons. The SMILES string of the molecule is C[C@@H]1CC[C@@H]2C34OO[C@@](C)(CC[C@@H]13)O[C@H]4OC(O)(C(F)(F)F)C2(C)O. The summed E-state index contributed by atoms with van der Waals surface area (Å²) in [4.78, 5) is 11.1. The maximum absolute atomic E-state index is 13.7. The Balaban J connectivity index is 1.89. The van der Waals surface area contributed by atoms with Crippen molar-refractivity contribution < 1.29 is 42.6 Å². The Hall–Kier alpha value is -0.450. The molecule has 4 heterocycles. The summed E-state index contributed by atoms with van der Waals surface area (Å²) >= 11 is 0. The fourth-order valence-corrected chi connectivity index (χ4v) is 5.29. The second-order valence-electron chi connectivity index (χ2n) is 8.26. The first-order valence-corrected chi connectivity index (χ1v) is 8.61. The predicted molar refractivity (Wildman–Crippen MR) is 75.5 cm³/mol. The lowest BCUT2D eigenvalue weighted by atomic mass is 9.55. The molecule has 0 amide bonds. The van der Waals surface area contributed by atoms with Crippen molar-refractivity contribution in [2.24, 2.45) is 17.8 Å². The van der Waals surface area contributed by atoms with Crippen molar-refractivity contribution in [2.45, 2.75) is 81.7 Å². The molecule has 1 saturated carbocycles. The van der Waals surface area contributed by atoms with Crippen LogP contribution in [0, 0.1) is 17.8 Å². The molecular weight excluding hydrogens is 345 g/mol. The van der Waals surface area contributed by atoms with E-state index in [1.165, 1.54) is 0 Å². The van der Waals surface area contributed by atoms with Gasteiger partial charge >= 0.3 is 6.18 Å². The quantitative estimate of drug-likeness (QED) is 0.639. The predicted octanol–water partition coefficient (Wildman–Crippen LogP) is 2.23. The molecule has 1 spiro atoms. The van der Waals surface area contributed by atoms with Crippen LogP contribution < -0.4 is 0 Å². The van der Waals surface area contributed by atoms with E-state index >= 15 is 0 Å². The molecule has 3 unspecified atom stereocenters. The van der Waals surface area contributed by atoms with Crippen molar-refractivity contribution in [3.63, 3.8) is 0 Å². The van der Waals surface area contributed by atoms with E-state index in [0.29, 0.717) is 19.3 Å². The minimum absolute atomic E-state index is 0.128. The molecule has 25 heavy (non-hydrogen) atoms. The first-order valence-electron chi connectivity index (χ1n) is 8.61. The van der Waals surface area contributed by atoms with Crippen molar-refractivity contribution in [3.05, 3.63) is 0 Å². The minimum atomic E-state index is -5.20. The van der Waals surface area contributed by atoms with Crippen molar-refractivity contribution in [1.82, 2.24) is 0 Å². The minimum Gasteiger partial charge on any atom is -0.384 e. The van der Waals surface area contributed by atoms with Crippen LogP contribution in [-0.4, -0.2) is 45.5 Å². The van der Waals surface area contributed by atoms with Gasteiger partial charge in [-0.1, -0.05) is 6.92 Å². The number of rotatable bonds is 0.